The Balaban J connectivity index is 1.68. The van der Waals surface area contributed by atoms with Crippen LogP contribution in [0.3, 0.4) is 0 Å². The first-order valence-corrected chi connectivity index (χ1v) is 12.0. The number of barbiturate groups is 1. The van der Waals surface area contributed by atoms with Crippen LogP contribution in [-0.4, -0.2) is 22.8 Å². The Kier molecular flexibility index (Phi) is 7.74. The summed E-state index contributed by atoms with van der Waals surface area (Å²) in [5.74, 6) is -2.08. The Morgan fingerprint density at radius 3 is 2.38 bits per heavy atom. The van der Waals surface area contributed by atoms with Gasteiger partial charge < -0.3 is 4.74 Å². The van der Waals surface area contributed by atoms with Gasteiger partial charge in [-0.05, 0) is 60.2 Å². The Labute approximate surface area is 231 Å². The standard InChI is InChI=1S/C25H14BrClF3N3O6/c26-16-4-8-21(39-12-13-1-5-17(6-2-13)33(37)38)14(9-16)10-18-22(34)31-24(36)32(23(18)35)20-11-15(25(28,29)30)3-7-19(20)27/h1-11H,12H2,(H,31,34,36)/b18-10-. The molecule has 1 saturated heterocycles. The molecule has 0 atom stereocenters. The Bertz CT molecular complexity index is 1540. The molecule has 200 valence electrons. The first-order chi connectivity index (χ1) is 18.3. The zero-order valence-electron chi connectivity index (χ0n) is 19.3. The second-order valence-corrected chi connectivity index (χ2v) is 9.34. The fraction of sp³-hybridized carbons (Fsp3) is 0.0800. The van der Waals surface area contributed by atoms with Crippen molar-refractivity contribution >= 4 is 62.8 Å². The summed E-state index contributed by atoms with van der Waals surface area (Å²) in [5.41, 5.74) is -1.58. The van der Waals surface area contributed by atoms with E-state index in [0.29, 0.717) is 27.1 Å². The lowest BCUT2D eigenvalue weighted by Gasteiger charge is -2.27. The van der Waals surface area contributed by atoms with Gasteiger partial charge in [-0.2, -0.15) is 13.2 Å². The van der Waals surface area contributed by atoms with Crippen molar-refractivity contribution < 1.29 is 37.2 Å². The van der Waals surface area contributed by atoms with Gasteiger partial charge >= 0.3 is 12.2 Å². The number of halogens is 5. The van der Waals surface area contributed by atoms with Gasteiger partial charge in [0.1, 0.15) is 17.9 Å². The van der Waals surface area contributed by atoms with Gasteiger partial charge in [-0.1, -0.05) is 27.5 Å². The number of rotatable bonds is 6. The molecule has 3 aromatic rings. The molecular formula is C25H14BrClF3N3O6. The lowest BCUT2D eigenvalue weighted by atomic mass is 10.1. The maximum Gasteiger partial charge on any atom is 0.416 e. The summed E-state index contributed by atoms with van der Waals surface area (Å²) in [6.07, 6.45) is -3.66. The van der Waals surface area contributed by atoms with Crippen molar-refractivity contribution in [3.8, 4) is 5.75 Å². The van der Waals surface area contributed by atoms with Gasteiger partial charge in [0.2, 0.25) is 0 Å². The normalized spacial score (nSPS) is 14.9. The van der Waals surface area contributed by atoms with E-state index in [1.54, 1.807) is 6.07 Å². The molecule has 0 saturated carbocycles. The number of carbonyl (C=O) groups excluding carboxylic acids is 3. The minimum Gasteiger partial charge on any atom is -0.488 e. The highest BCUT2D eigenvalue weighted by atomic mass is 79.9. The van der Waals surface area contributed by atoms with E-state index in [0.717, 1.165) is 12.1 Å². The number of imide groups is 2. The molecule has 4 rings (SSSR count). The lowest BCUT2D eigenvalue weighted by Crippen LogP contribution is -2.54. The molecule has 39 heavy (non-hydrogen) atoms. The molecule has 1 fully saturated rings. The summed E-state index contributed by atoms with van der Waals surface area (Å²) in [7, 11) is 0. The van der Waals surface area contributed by atoms with Crippen LogP contribution in [0, 0.1) is 10.1 Å². The van der Waals surface area contributed by atoms with Crippen molar-refractivity contribution in [2.24, 2.45) is 0 Å². The number of benzene rings is 3. The van der Waals surface area contributed by atoms with Crippen molar-refractivity contribution in [2.75, 3.05) is 4.90 Å². The number of carbonyl (C=O) groups is 3. The van der Waals surface area contributed by atoms with Gasteiger partial charge in [-0.3, -0.25) is 25.0 Å². The number of hydrogen-bond acceptors (Lipinski definition) is 6. The van der Waals surface area contributed by atoms with Gasteiger partial charge in [-0.15, -0.1) is 0 Å². The molecule has 0 radical (unpaired) electrons. The van der Waals surface area contributed by atoms with Gasteiger partial charge in [0.25, 0.3) is 17.5 Å². The summed E-state index contributed by atoms with van der Waals surface area (Å²) < 4.78 is 46.1. The van der Waals surface area contributed by atoms with Crippen LogP contribution in [-0.2, 0) is 22.4 Å². The van der Waals surface area contributed by atoms with Gasteiger partial charge in [0.15, 0.2) is 0 Å². The maximum absolute atomic E-state index is 13.3. The quantitative estimate of drug-likeness (QED) is 0.149. The number of nitro groups is 1. The van der Waals surface area contributed by atoms with Crippen LogP contribution in [0.4, 0.5) is 29.3 Å². The average molecular weight is 625 g/mol. The topological polar surface area (TPSA) is 119 Å². The van der Waals surface area contributed by atoms with E-state index in [2.05, 4.69) is 15.9 Å². The maximum atomic E-state index is 13.3. The van der Waals surface area contributed by atoms with Crippen molar-refractivity contribution in [3.63, 3.8) is 0 Å². The molecule has 0 aromatic heterocycles. The predicted octanol–water partition coefficient (Wildman–Crippen LogP) is 6.27. The van der Waals surface area contributed by atoms with Crippen molar-refractivity contribution in [2.45, 2.75) is 12.8 Å². The second kappa shape index (κ2) is 10.9. The Morgan fingerprint density at radius 2 is 1.74 bits per heavy atom. The molecule has 9 nitrogen and oxygen atoms in total. The minimum atomic E-state index is -4.78. The number of nitro benzene ring substituents is 1. The average Bonchev–Trinajstić information content (AvgIpc) is 2.86. The molecule has 14 heteroatoms. The number of nitrogens with one attached hydrogen (secondary N) is 1. The SMILES string of the molecule is O=C1NC(=O)N(c2cc(C(F)(F)F)ccc2Cl)C(=O)/C1=C\c1cc(Br)ccc1OCc1ccc([N+](=O)[O-])cc1. The van der Waals surface area contributed by atoms with E-state index in [1.807, 2.05) is 5.32 Å². The van der Waals surface area contributed by atoms with E-state index in [1.165, 1.54) is 36.4 Å². The summed E-state index contributed by atoms with van der Waals surface area (Å²) in [4.78, 5) is 49.0. The molecule has 3 aromatic carbocycles. The molecule has 4 amide bonds. The fourth-order valence-electron chi connectivity index (χ4n) is 3.53. The van der Waals surface area contributed by atoms with E-state index >= 15 is 0 Å². The summed E-state index contributed by atoms with van der Waals surface area (Å²) in [5, 5.41) is 12.5. The zero-order valence-corrected chi connectivity index (χ0v) is 21.6. The van der Waals surface area contributed by atoms with Crippen molar-refractivity contribution in [1.82, 2.24) is 5.32 Å². The molecule has 1 heterocycles. The summed E-state index contributed by atoms with van der Waals surface area (Å²) in [6, 6.07) is 11.1. The molecular weight excluding hydrogens is 611 g/mol. The number of amides is 4. The third-order valence-corrected chi connectivity index (χ3v) is 6.24. The molecule has 0 bridgehead atoms. The third kappa shape index (κ3) is 6.10. The van der Waals surface area contributed by atoms with Gasteiger partial charge in [0, 0.05) is 22.2 Å². The number of anilines is 1. The highest BCUT2D eigenvalue weighted by Crippen LogP contribution is 2.37. The number of hydrogen-bond donors (Lipinski definition) is 1. The Hall–Kier alpha value is -4.23. The monoisotopic (exact) mass is 623 g/mol. The smallest absolute Gasteiger partial charge is 0.416 e. The molecule has 0 spiro atoms. The minimum absolute atomic E-state index is 0.0274. The second-order valence-electron chi connectivity index (χ2n) is 8.02. The van der Waals surface area contributed by atoms with Gasteiger partial charge in [0.05, 0.1) is 21.2 Å². The molecule has 1 N–H and O–H groups in total. The lowest BCUT2D eigenvalue weighted by molar-refractivity contribution is -0.384. The first kappa shape index (κ1) is 27.8. The number of nitrogens with zero attached hydrogens (tertiary/aromatic N) is 2. The number of ether oxygens (including phenoxy) is 1. The zero-order chi connectivity index (χ0) is 28.5. The number of urea groups is 1. The van der Waals surface area contributed by atoms with E-state index < -0.39 is 45.8 Å². The Morgan fingerprint density at radius 1 is 1.05 bits per heavy atom. The van der Waals surface area contributed by atoms with E-state index in [9.17, 15) is 37.7 Å². The van der Waals surface area contributed by atoms with Crippen LogP contribution < -0.4 is 15.0 Å². The highest BCUT2D eigenvalue weighted by Gasteiger charge is 2.39. The van der Waals surface area contributed by atoms with E-state index in [4.69, 9.17) is 16.3 Å². The fourth-order valence-corrected chi connectivity index (χ4v) is 4.11. The van der Waals surface area contributed by atoms with Crippen LogP contribution in [0.5, 0.6) is 5.75 Å². The van der Waals surface area contributed by atoms with Crippen LogP contribution >= 0.6 is 27.5 Å². The van der Waals surface area contributed by atoms with Crippen LogP contribution in [0.15, 0.2) is 70.7 Å². The number of non-ortho nitro benzene ring substituents is 1. The molecule has 0 aliphatic carbocycles. The molecule has 1 aliphatic heterocycles. The molecule has 0 unspecified atom stereocenters. The summed E-state index contributed by atoms with van der Waals surface area (Å²) >= 11 is 9.30. The summed E-state index contributed by atoms with van der Waals surface area (Å²) in [6.45, 7) is -0.0274. The predicted molar refractivity (Wildman–Crippen MR) is 137 cm³/mol. The van der Waals surface area contributed by atoms with Gasteiger partial charge in [-0.25, -0.2) is 9.69 Å². The highest BCUT2D eigenvalue weighted by molar-refractivity contribution is 9.10. The van der Waals surface area contributed by atoms with Crippen molar-refractivity contribution in [3.05, 3.63) is 103 Å². The molecule has 1 aliphatic rings. The van der Waals surface area contributed by atoms with Crippen LogP contribution in [0.25, 0.3) is 6.08 Å². The van der Waals surface area contributed by atoms with Crippen LogP contribution in [0.2, 0.25) is 5.02 Å². The van der Waals surface area contributed by atoms with Crippen molar-refractivity contribution in [1.29, 1.82) is 0 Å². The number of alkyl halides is 3. The third-order valence-electron chi connectivity index (χ3n) is 5.43. The van der Waals surface area contributed by atoms with E-state index in [-0.39, 0.29) is 28.6 Å². The van der Waals surface area contributed by atoms with Crippen LogP contribution in [0.1, 0.15) is 16.7 Å². The largest absolute Gasteiger partial charge is 0.488 e. The first-order valence-electron chi connectivity index (χ1n) is 10.8.